The van der Waals surface area contributed by atoms with E-state index in [0.29, 0.717) is 5.41 Å². The van der Waals surface area contributed by atoms with E-state index < -0.39 is 0 Å². The van der Waals surface area contributed by atoms with E-state index in [1.165, 1.54) is 58.2 Å². The summed E-state index contributed by atoms with van der Waals surface area (Å²) in [6.07, 6.45) is 8.59. The van der Waals surface area contributed by atoms with Gasteiger partial charge in [-0.1, -0.05) is 33.6 Å². The maximum Gasteiger partial charge on any atom is 0.0198 e. The topological polar surface area (TPSA) is 15.3 Å². The quantitative estimate of drug-likeness (QED) is 0.837. The van der Waals surface area contributed by atoms with Crippen molar-refractivity contribution >= 4 is 0 Å². The highest BCUT2D eigenvalue weighted by Gasteiger charge is 2.28. The highest BCUT2D eigenvalue weighted by atomic mass is 15.1. The van der Waals surface area contributed by atoms with Crippen LogP contribution >= 0.6 is 0 Å². The second-order valence-corrected chi connectivity index (χ2v) is 8.34. The van der Waals surface area contributed by atoms with Crippen LogP contribution in [-0.4, -0.2) is 37.6 Å². The number of nitrogens with one attached hydrogen (secondary N) is 1. The summed E-state index contributed by atoms with van der Waals surface area (Å²) in [4.78, 5) is 2.53. The highest BCUT2D eigenvalue weighted by Crippen LogP contribution is 2.30. The molecule has 1 N–H and O–H groups in total. The Hall–Kier alpha value is -0.0800. The number of nitrogens with zero attached hydrogens (tertiary/aromatic N) is 1. The van der Waals surface area contributed by atoms with Crippen molar-refractivity contribution in [2.24, 2.45) is 17.3 Å². The smallest absolute Gasteiger partial charge is 0.0198 e. The summed E-state index contributed by atoms with van der Waals surface area (Å²) in [6.45, 7) is 10.9. The highest BCUT2D eigenvalue weighted by molar-refractivity contribution is 4.85. The molecule has 2 heteroatoms. The Balaban J connectivity index is 1.76. The van der Waals surface area contributed by atoms with E-state index in [4.69, 9.17) is 0 Å². The molecule has 0 amide bonds. The molecule has 0 spiro atoms. The van der Waals surface area contributed by atoms with Gasteiger partial charge in [0, 0.05) is 19.1 Å². The zero-order valence-electron chi connectivity index (χ0n) is 13.5. The van der Waals surface area contributed by atoms with Crippen LogP contribution in [0.3, 0.4) is 0 Å². The maximum atomic E-state index is 3.87. The Morgan fingerprint density at radius 1 is 1.05 bits per heavy atom. The van der Waals surface area contributed by atoms with Crippen LogP contribution < -0.4 is 5.32 Å². The van der Waals surface area contributed by atoms with Gasteiger partial charge in [-0.3, -0.25) is 0 Å². The SMILES string of the molecule is CN1CC(CC(C)(C)C)CC(NCC2CCCC2)C1. The van der Waals surface area contributed by atoms with Crippen LogP contribution in [0.5, 0.6) is 0 Å². The number of hydrogen-bond donors (Lipinski definition) is 1. The van der Waals surface area contributed by atoms with Crippen LogP contribution in [0.4, 0.5) is 0 Å². The van der Waals surface area contributed by atoms with Gasteiger partial charge in [-0.15, -0.1) is 0 Å². The Labute approximate surface area is 120 Å². The Morgan fingerprint density at radius 2 is 1.74 bits per heavy atom. The molecule has 2 fully saturated rings. The monoisotopic (exact) mass is 266 g/mol. The second kappa shape index (κ2) is 6.58. The first-order valence-electron chi connectivity index (χ1n) is 8.34. The fourth-order valence-corrected chi connectivity index (χ4v) is 4.15. The largest absolute Gasteiger partial charge is 0.312 e. The van der Waals surface area contributed by atoms with Gasteiger partial charge in [0.05, 0.1) is 0 Å². The van der Waals surface area contributed by atoms with Gasteiger partial charge in [-0.05, 0) is 56.5 Å². The van der Waals surface area contributed by atoms with Gasteiger partial charge in [-0.2, -0.15) is 0 Å². The van der Waals surface area contributed by atoms with Gasteiger partial charge >= 0.3 is 0 Å². The lowest BCUT2D eigenvalue weighted by Gasteiger charge is -2.39. The summed E-state index contributed by atoms with van der Waals surface area (Å²) in [6, 6.07) is 0.728. The summed E-state index contributed by atoms with van der Waals surface area (Å²) >= 11 is 0. The van der Waals surface area contributed by atoms with Crippen molar-refractivity contribution in [3.63, 3.8) is 0 Å². The van der Waals surface area contributed by atoms with Crippen LogP contribution in [0.25, 0.3) is 0 Å². The Kier molecular flexibility index (Phi) is 5.30. The van der Waals surface area contributed by atoms with E-state index >= 15 is 0 Å². The summed E-state index contributed by atoms with van der Waals surface area (Å²) in [5, 5.41) is 3.87. The molecule has 1 heterocycles. The fourth-order valence-electron chi connectivity index (χ4n) is 4.15. The lowest BCUT2D eigenvalue weighted by Crippen LogP contribution is -2.49. The molecular weight excluding hydrogens is 232 g/mol. The molecule has 2 aliphatic rings. The van der Waals surface area contributed by atoms with Crippen LogP contribution in [0, 0.1) is 17.3 Å². The predicted molar refractivity (Wildman–Crippen MR) is 83.4 cm³/mol. The minimum absolute atomic E-state index is 0.471. The fraction of sp³-hybridized carbons (Fsp3) is 1.00. The molecule has 2 unspecified atom stereocenters. The summed E-state index contributed by atoms with van der Waals surface area (Å²) in [7, 11) is 2.29. The molecule has 2 rings (SSSR count). The molecule has 1 saturated carbocycles. The molecule has 112 valence electrons. The molecule has 1 aliphatic heterocycles. The van der Waals surface area contributed by atoms with E-state index in [9.17, 15) is 0 Å². The Morgan fingerprint density at radius 3 is 2.37 bits per heavy atom. The molecule has 0 radical (unpaired) electrons. The summed E-state index contributed by atoms with van der Waals surface area (Å²) in [5.41, 5.74) is 0.471. The number of hydrogen-bond acceptors (Lipinski definition) is 2. The van der Waals surface area contributed by atoms with E-state index in [1.807, 2.05) is 0 Å². The van der Waals surface area contributed by atoms with Crippen LogP contribution in [0.2, 0.25) is 0 Å². The van der Waals surface area contributed by atoms with Crippen molar-refractivity contribution in [3.05, 3.63) is 0 Å². The maximum absolute atomic E-state index is 3.87. The molecule has 0 aromatic heterocycles. The minimum Gasteiger partial charge on any atom is -0.312 e. The predicted octanol–water partition coefficient (Wildman–Crippen LogP) is 3.52. The lowest BCUT2D eigenvalue weighted by molar-refractivity contribution is 0.133. The molecule has 2 atom stereocenters. The summed E-state index contributed by atoms with van der Waals surface area (Å²) < 4.78 is 0. The molecular formula is C17H34N2. The molecule has 1 aliphatic carbocycles. The van der Waals surface area contributed by atoms with Gasteiger partial charge in [0.25, 0.3) is 0 Å². The first kappa shape index (κ1) is 15.3. The van der Waals surface area contributed by atoms with Crippen LogP contribution in [-0.2, 0) is 0 Å². The van der Waals surface area contributed by atoms with Crippen molar-refractivity contribution in [3.8, 4) is 0 Å². The minimum atomic E-state index is 0.471. The van der Waals surface area contributed by atoms with Gasteiger partial charge in [0.1, 0.15) is 0 Å². The van der Waals surface area contributed by atoms with Gasteiger partial charge in [0.15, 0.2) is 0 Å². The zero-order chi connectivity index (χ0) is 13.9. The van der Waals surface area contributed by atoms with Gasteiger partial charge in [0.2, 0.25) is 0 Å². The Bertz CT molecular complexity index is 263. The average Bonchev–Trinajstić information content (AvgIpc) is 2.75. The molecule has 0 aromatic rings. The average molecular weight is 266 g/mol. The van der Waals surface area contributed by atoms with Gasteiger partial charge < -0.3 is 10.2 Å². The molecule has 0 aromatic carbocycles. The third-order valence-corrected chi connectivity index (χ3v) is 4.79. The standard InChI is InChI=1S/C17H34N2/c1-17(2,3)10-15-9-16(13-19(4)12-15)18-11-14-7-5-6-8-14/h14-16,18H,5-13H2,1-4H3. The third-order valence-electron chi connectivity index (χ3n) is 4.79. The lowest BCUT2D eigenvalue weighted by atomic mass is 9.80. The number of likely N-dealkylation sites (tertiary alicyclic amines) is 1. The van der Waals surface area contributed by atoms with Crippen molar-refractivity contribution < 1.29 is 0 Å². The van der Waals surface area contributed by atoms with E-state index in [2.05, 4.69) is 38.0 Å². The van der Waals surface area contributed by atoms with Crippen molar-refractivity contribution in [1.82, 2.24) is 10.2 Å². The molecule has 19 heavy (non-hydrogen) atoms. The first-order chi connectivity index (χ1) is 8.92. The number of piperidine rings is 1. The first-order valence-corrected chi connectivity index (χ1v) is 8.34. The van der Waals surface area contributed by atoms with Crippen molar-refractivity contribution in [2.45, 2.75) is 65.3 Å². The normalized spacial score (nSPS) is 30.9. The van der Waals surface area contributed by atoms with Crippen molar-refractivity contribution in [2.75, 3.05) is 26.7 Å². The number of likely N-dealkylation sites (N-methyl/N-ethyl adjacent to an activating group) is 1. The van der Waals surface area contributed by atoms with Crippen molar-refractivity contribution in [1.29, 1.82) is 0 Å². The zero-order valence-corrected chi connectivity index (χ0v) is 13.5. The van der Waals surface area contributed by atoms with Crippen LogP contribution in [0.15, 0.2) is 0 Å². The van der Waals surface area contributed by atoms with E-state index in [1.54, 1.807) is 0 Å². The molecule has 1 saturated heterocycles. The molecule has 2 nitrogen and oxygen atoms in total. The van der Waals surface area contributed by atoms with Crippen LogP contribution in [0.1, 0.15) is 59.3 Å². The van der Waals surface area contributed by atoms with E-state index in [-0.39, 0.29) is 0 Å². The molecule has 0 bridgehead atoms. The third kappa shape index (κ3) is 5.43. The second-order valence-electron chi connectivity index (χ2n) is 8.34. The van der Waals surface area contributed by atoms with E-state index in [0.717, 1.165) is 17.9 Å². The van der Waals surface area contributed by atoms with Gasteiger partial charge in [-0.25, -0.2) is 0 Å². The number of rotatable bonds is 4. The summed E-state index contributed by atoms with van der Waals surface area (Å²) in [5.74, 6) is 1.84.